The molecule has 2 rings (SSSR count). The predicted molar refractivity (Wildman–Crippen MR) is 79.1 cm³/mol. The maximum absolute atomic E-state index is 12.0. The van der Waals surface area contributed by atoms with E-state index in [-0.39, 0.29) is 11.1 Å². The van der Waals surface area contributed by atoms with Gasteiger partial charge >= 0.3 is 11.7 Å². The zero-order chi connectivity index (χ0) is 16.3. The number of aromatic carboxylic acids is 1. The number of ketones is 1. The number of nitrogens with zero attached hydrogens (tertiary/aromatic N) is 1. The number of allylic oxidation sites excluding steroid dienone is 1. The lowest BCUT2D eigenvalue weighted by atomic mass is 10.1. The molecule has 0 aliphatic carbocycles. The molecule has 7 heteroatoms. The van der Waals surface area contributed by atoms with Crippen molar-refractivity contribution >= 4 is 17.8 Å². The zero-order valence-corrected chi connectivity index (χ0v) is 11.6. The summed E-state index contributed by atoms with van der Waals surface area (Å²) in [6, 6.07) is 5.90. The van der Waals surface area contributed by atoms with E-state index in [9.17, 15) is 19.2 Å². The van der Waals surface area contributed by atoms with Crippen LogP contribution in [0.15, 0.2) is 46.1 Å². The Balaban J connectivity index is 2.25. The molecule has 0 spiro atoms. The van der Waals surface area contributed by atoms with Gasteiger partial charge in [0.2, 0.25) is 0 Å². The molecule has 0 amide bonds. The van der Waals surface area contributed by atoms with E-state index in [0.29, 0.717) is 5.56 Å². The van der Waals surface area contributed by atoms with E-state index in [1.54, 1.807) is 0 Å². The van der Waals surface area contributed by atoms with Gasteiger partial charge in [-0.1, -0.05) is 18.2 Å². The van der Waals surface area contributed by atoms with Crippen LogP contribution < -0.4 is 11.2 Å². The number of carboxylic acid groups (broad SMARTS) is 1. The molecular weight excluding hydrogens is 288 g/mol. The number of carboxylic acids is 1. The topological polar surface area (TPSA) is 109 Å². The largest absolute Gasteiger partial charge is 0.478 e. The fourth-order valence-corrected chi connectivity index (χ4v) is 1.74. The highest BCUT2D eigenvalue weighted by molar-refractivity contribution is 6.06. The summed E-state index contributed by atoms with van der Waals surface area (Å²) in [5, 5.41) is 8.78. The highest BCUT2D eigenvalue weighted by Crippen LogP contribution is 2.07. The third-order valence-corrected chi connectivity index (χ3v) is 3.03. The number of aromatic nitrogens is 2. The first-order valence-corrected chi connectivity index (χ1v) is 6.24. The first kappa shape index (κ1) is 15.2. The lowest BCUT2D eigenvalue weighted by Crippen LogP contribution is -2.35. The number of nitrogens with one attached hydrogen (secondary N) is 1. The quantitative estimate of drug-likeness (QED) is 0.637. The van der Waals surface area contributed by atoms with Gasteiger partial charge in [0.05, 0.1) is 5.56 Å². The number of carbonyl (C=O) groups is 2. The van der Waals surface area contributed by atoms with Crippen LogP contribution in [-0.2, 0) is 7.05 Å². The minimum absolute atomic E-state index is 0.137. The summed E-state index contributed by atoms with van der Waals surface area (Å²) < 4.78 is 0.808. The Kier molecular flexibility index (Phi) is 4.17. The summed E-state index contributed by atoms with van der Waals surface area (Å²) in [5.41, 5.74) is -0.688. The van der Waals surface area contributed by atoms with Crippen molar-refractivity contribution in [2.45, 2.75) is 0 Å². The Bertz CT molecular complexity index is 872. The van der Waals surface area contributed by atoms with Gasteiger partial charge in [-0.15, -0.1) is 0 Å². The van der Waals surface area contributed by atoms with E-state index in [0.717, 1.165) is 10.8 Å². The average Bonchev–Trinajstić information content (AvgIpc) is 2.51. The van der Waals surface area contributed by atoms with Crippen LogP contribution in [0, 0.1) is 0 Å². The first-order valence-electron chi connectivity index (χ1n) is 6.24. The van der Waals surface area contributed by atoms with Crippen LogP contribution in [0.3, 0.4) is 0 Å². The molecule has 0 bridgehead atoms. The fraction of sp³-hybridized carbons (Fsp3) is 0.0667. The van der Waals surface area contributed by atoms with Gasteiger partial charge in [-0.05, 0) is 23.8 Å². The van der Waals surface area contributed by atoms with Gasteiger partial charge in [-0.2, -0.15) is 0 Å². The third-order valence-electron chi connectivity index (χ3n) is 3.03. The van der Waals surface area contributed by atoms with Crippen LogP contribution in [0.2, 0.25) is 0 Å². The van der Waals surface area contributed by atoms with E-state index in [2.05, 4.69) is 4.98 Å². The van der Waals surface area contributed by atoms with Crippen molar-refractivity contribution in [2.24, 2.45) is 7.05 Å². The minimum Gasteiger partial charge on any atom is -0.478 e. The highest BCUT2D eigenvalue weighted by Gasteiger charge is 2.10. The molecule has 0 saturated heterocycles. The van der Waals surface area contributed by atoms with Crippen molar-refractivity contribution in [2.75, 3.05) is 0 Å². The predicted octanol–water partition coefficient (Wildman–Crippen LogP) is 0.668. The summed E-state index contributed by atoms with van der Waals surface area (Å²) in [6.07, 6.45) is 3.72. The monoisotopic (exact) mass is 300 g/mol. The lowest BCUT2D eigenvalue weighted by molar-refractivity contribution is 0.0696. The van der Waals surface area contributed by atoms with Crippen LogP contribution >= 0.6 is 0 Å². The van der Waals surface area contributed by atoms with Crippen molar-refractivity contribution in [1.29, 1.82) is 0 Å². The second-order valence-electron chi connectivity index (χ2n) is 4.50. The molecule has 0 fully saturated rings. The normalized spacial score (nSPS) is 10.8. The number of carbonyl (C=O) groups excluding carboxylic acids is 1. The second kappa shape index (κ2) is 6.04. The van der Waals surface area contributed by atoms with Crippen LogP contribution in [0.1, 0.15) is 26.3 Å². The molecule has 1 aromatic heterocycles. The van der Waals surface area contributed by atoms with Gasteiger partial charge in [0.25, 0.3) is 5.56 Å². The average molecular weight is 300 g/mol. The highest BCUT2D eigenvalue weighted by atomic mass is 16.4. The molecule has 0 aliphatic heterocycles. The number of rotatable bonds is 4. The maximum atomic E-state index is 12.0. The van der Waals surface area contributed by atoms with Crippen LogP contribution in [-0.4, -0.2) is 26.4 Å². The standard InChI is InChI=1S/C15H12N2O5/c1-17-13(19)11(8-16-15(17)22)12(18)7-4-9-2-5-10(6-3-9)14(20)21/h2-8H,1H3,(H,16,22)(H,20,21). The molecule has 112 valence electrons. The van der Waals surface area contributed by atoms with Gasteiger partial charge in [0.15, 0.2) is 5.78 Å². The summed E-state index contributed by atoms with van der Waals surface area (Å²) in [6.45, 7) is 0. The summed E-state index contributed by atoms with van der Waals surface area (Å²) in [4.78, 5) is 48.0. The number of hydrogen-bond acceptors (Lipinski definition) is 4. The molecule has 2 aromatic rings. The fourth-order valence-electron chi connectivity index (χ4n) is 1.74. The maximum Gasteiger partial charge on any atom is 0.335 e. The SMILES string of the molecule is Cn1c(=O)[nH]cc(C(=O)C=Cc2ccc(C(=O)O)cc2)c1=O. The van der Waals surface area contributed by atoms with Crippen LogP contribution in [0.5, 0.6) is 0 Å². The Morgan fingerprint density at radius 1 is 1.18 bits per heavy atom. The zero-order valence-electron chi connectivity index (χ0n) is 11.6. The lowest BCUT2D eigenvalue weighted by Gasteiger charge is -1.99. The Labute approximate surface area is 124 Å². The van der Waals surface area contributed by atoms with Gasteiger partial charge < -0.3 is 10.1 Å². The van der Waals surface area contributed by atoms with Crippen molar-refractivity contribution < 1.29 is 14.7 Å². The van der Waals surface area contributed by atoms with Crippen molar-refractivity contribution in [3.05, 3.63) is 74.1 Å². The van der Waals surface area contributed by atoms with Gasteiger partial charge in [0.1, 0.15) is 5.56 Å². The summed E-state index contributed by atoms with van der Waals surface area (Å²) in [7, 11) is 1.27. The molecule has 7 nitrogen and oxygen atoms in total. The number of benzene rings is 1. The molecule has 1 aromatic carbocycles. The Morgan fingerprint density at radius 3 is 2.41 bits per heavy atom. The minimum atomic E-state index is -1.04. The molecule has 0 saturated carbocycles. The first-order chi connectivity index (χ1) is 10.4. The molecule has 1 heterocycles. The van der Waals surface area contributed by atoms with E-state index >= 15 is 0 Å². The summed E-state index contributed by atoms with van der Waals surface area (Å²) in [5.74, 6) is -1.59. The van der Waals surface area contributed by atoms with E-state index < -0.39 is 23.0 Å². The van der Waals surface area contributed by atoms with Crippen molar-refractivity contribution in [3.63, 3.8) is 0 Å². The van der Waals surface area contributed by atoms with E-state index in [1.165, 1.54) is 43.5 Å². The second-order valence-corrected chi connectivity index (χ2v) is 4.50. The number of hydrogen-bond donors (Lipinski definition) is 2. The number of H-pyrrole nitrogens is 1. The third kappa shape index (κ3) is 3.09. The smallest absolute Gasteiger partial charge is 0.335 e. The Morgan fingerprint density at radius 2 is 1.82 bits per heavy atom. The van der Waals surface area contributed by atoms with Crippen molar-refractivity contribution in [3.8, 4) is 0 Å². The molecule has 0 radical (unpaired) electrons. The van der Waals surface area contributed by atoms with Crippen LogP contribution in [0.25, 0.3) is 6.08 Å². The summed E-state index contributed by atoms with van der Waals surface area (Å²) >= 11 is 0. The van der Waals surface area contributed by atoms with Crippen LogP contribution in [0.4, 0.5) is 0 Å². The van der Waals surface area contributed by atoms with Gasteiger partial charge in [-0.25, -0.2) is 9.59 Å². The van der Waals surface area contributed by atoms with E-state index in [1.807, 2.05) is 0 Å². The molecular formula is C15H12N2O5. The molecule has 0 unspecified atom stereocenters. The number of aromatic amines is 1. The van der Waals surface area contributed by atoms with Gasteiger partial charge in [-0.3, -0.25) is 14.2 Å². The van der Waals surface area contributed by atoms with E-state index in [4.69, 9.17) is 5.11 Å². The molecule has 0 aliphatic rings. The molecule has 22 heavy (non-hydrogen) atoms. The molecule has 2 N–H and O–H groups in total. The van der Waals surface area contributed by atoms with Gasteiger partial charge in [0, 0.05) is 13.2 Å². The van der Waals surface area contributed by atoms with Crippen molar-refractivity contribution in [1.82, 2.24) is 9.55 Å². The molecule has 0 atom stereocenters. The Hall–Kier alpha value is -3.22.